The Hall–Kier alpha value is -1.59. The van der Waals surface area contributed by atoms with Gasteiger partial charge in [0.2, 0.25) is 0 Å². The number of hydrogen-bond acceptors (Lipinski definition) is 4. The van der Waals surface area contributed by atoms with E-state index in [0.717, 1.165) is 44.5 Å². The summed E-state index contributed by atoms with van der Waals surface area (Å²) in [5.41, 5.74) is 6.42. The molecule has 5 heteroatoms. The summed E-state index contributed by atoms with van der Waals surface area (Å²) < 4.78 is 11.3. The smallest absolute Gasteiger partial charge is 0.251 e. The first-order valence-corrected chi connectivity index (χ1v) is 8.61. The van der Waals surface area contributed by atoms with Gasteiger partial charge >= 0.3 is 0 Å². The minimum atomic E-state index is -0.0436. The quantitative estimate of drug-likeness (QED) is 0.842. The third-order valence-electron chi connectivity index (χ3n) is 4.83. The number of hydrogen-bond donors (Lipinski definition) is 2. The molecular weight excluding hydrogens is 292 g/mol. The summed E-state index contributed by atoms with van der Waals surface area (Å²) in [5.74, 6) is 1.07. The van der Waals surface area contributed by atoms with Crippen molar-refractivity contribution in [3.05, 3.63) is 29.8 Å². The Morgan fingerprint density at radius 3 is 3.00 bits per heavy atom. The molecule has 126 valence electrons. The van der Waals surface area contributed by atoms with E-state index in [1.807, 2.05) is 18.2 Å². The Kier molecular flexibility index (Phi) is 5.51. The van der Waals surface area contributed by atoms with E-state index >= 15 is 0 Å². The van der Waals surface area contributed by atoms with E-state index in [9.17, 15) is 4.79 Å². The zero-order chi connectivity index (χ0) is 16.1. The van der Waals surface area contributed by atoms with Gasteiger partial charge in [-0.1, -0.05) is 12.5 Å². The van der Waals surface area contributed by atoms with Gasteiger partial charge in [0, 0.05) is 18.2 Å². The zero-order valence-electron chi connectivity index (χ0n) is 13.5. The normalized spacial score (nSPS) is 27.1. The molecular formula is C18H26N2O3. The molecule has 3 atom stereocenters. The molecule has 0 unspecified atom stereocenters. The molecule has 3 rings (SSSR count). The molecule has 1 aliphatic carbocycles. The largest absolute Gasteiger partial charge is 0.491 e. The van der Waals surface area contributed by atoms with Crippen LogP contribution in [0.5, 0.6) is 5.75 Å². The highest BCUT2D eigenvalue weighted by atomic mass is 16.5. The van der Waals surface area contributed by atoms with E-state index in [0.29, 0.717) is 24.6 Å². The molecule has 1 aromatic rings. The van der Waals surface area contributed by atoms with E-state index in [1.54, 1.807) is 6.07 Å². The summed E-state index contributed by atoms with van der Waals surface area (Å²) in [6.07, 6.45) is 5.57. The summed E-state index contributed by atoms with van der Waals surface area (Å²) >= 11 is 0. The van der Waals surface area contributed by atoms with Gasteiger partial charge in [0.25, 0.3) is 5.91 Å². The van der Waals surface area contributed by atoms with Crippen molar-refractivity contribution < 1.29 is 14.3 Å². The molecule has 1 aromatic carbocycles. The maximum absolute atomic E-state index is 12.4. The van der Waals surface area contributed by atoms with E-state index < -0.39 is 0 Å². The van der Waals surface area contributed by atoms with Crippen molar-refractivity contribution in [2.75, 3.05) is 19.8 Å². The third-order valence-corrected chi connectivity index (χ3v) is 4.83. The van der Waals surface area contributed by atoms with E-state index in [1.165, 1.54) is 0 Å². The number of carbonyl (C=O) groups excluding carboxylic acids is 1. The second-order valence-electron chi connectivity index (χ2n) is 6.48. The first-order chi connectivity index (χ1) is 11.3. The minimum absolute atomic E-state index is 0.0436. The Labute approximate surface area is 137 Å². The molecule has 1 aliphatic heterocycles. The number of carbonyl (C=O) groups is 1. The van der Waals surface area contributed by atoms with Gasteiger partial charge in [0.15, 0.2) is 0 Å². The lowest BCUT2D eigenvalue weighted by Crippen LogP contribution is -2.39. The van der Waals surface area contributed by atoms with Crippen LogP contribution in [0.1, 0.15) is 42.5 Å². The van der Waals surface area contributed by atoms with Crippen LogP contribution in [0.3, 0.4) is 0 Å². The molecule has 0 aromatic heterocycles. The Morgan fingerprint density at radius 1 is 1.30 bits per heavy atom. The van der Waals surface area contributed by atoms with Gasteiger partial charge in [-0.25, -0.2) is 0 Å². The summed E-state index contributed by atoms with van der Waals surface area (Å²) in [4.78, 5) is 12.4. The monoisotopic (exact) mass is 318 g/mol. The molecule has 0 radical (unpaired) electrons. The first-order valence-electron chi connectivity index (χ1n) is 8.61. The predicted molar refractivity (Wildman–Crippen MR) is 88.6 cm³/mol. The number of benzene rings is 1. The highest BCUT2D eigenvalue weighted by Gasteiger charge is 2.27. The lowest BCUT2D eigenvalue weighted by Gasteiger charge is -2.19. The SMILES string of the molecule is NC[C@@H]1CCC[C@H]1NC(=O)c1cccc(OC[C@@H]2CCCO2)c1. The van der Waals surface area contributed by atoms with Gasteiger partial charge in [0.05, 0.1) is 6.10 Å². The number of amides is 1. The van der Waals surface area contributed by atoms with Gasteiger partial charge in [-0.15, -0.1) is 0 Å². The molecule has 2 fully saturated rings. The predicted octanol–water partition coefficient (Wildman–Crippen LogP) is 2.10. The maximum Gasteiger partial charge on any atom is 0.251 e. The third kappa shape index (κ3) is 4.24. The number of ether oxygens (including phenoxy) is 2. The standard InChI is InChI=1S/C18H26N2O3/c19-11-14-5-2-8-17(14)20-18(21)13-4-1-6-15(10-13)23-12-16-7-3-9-22-16/h1,4,6,10,14,16-17H,2-3,5,7-9,11-12,19H2,(H,20,21)/t14-,16-,17+/m0/s1. The molecule has 1 amide bonds. The van der Waals surface area contributed by atoms with Crippen molar-refractivity contribution >= 4 is 5.91 Å². The van der Waals surface area contributed by atoms with E-state index in [-0.39, 0.29) is 18.1 Å². The summed E-state index contributed by atoms with van der Waals surface area (Å²) in [6.45, 7) is 2.00. The maximum atomic E-state index is 12.4. The van der Waals surface area contributed by atoms with Crippen LogP contribution < -0.4 is 15.8 Å². The summed E-state index contributed by atoms with van der Waals surface area (Å²) in [5, 5.41) is 3.12. The average Bonchev–Trinajstić information content (AvgIpc) is 3.24. The molecule has 3 N–H and O–H groups in total. The van der Waals surface area contributed by atoms with Crippen LogP contribution in [0.2, 0.25) is 0 Å². The molecule has 0 bridgehead atoms. The summed E-state index contributed by atoms with van der Waals surface area (Å²) in [7, 11) is 0. The van der Waals surface area contributed by atoms with Gasteiger partial charge < -0.3 is 20.5 Å². The molecule has 23 heavy (non-hydrogen) atoms. The minimum Gasteiger partial charge on any atom is -0.491 e. The highest BCUT2D eigenvalue weighted by Crippen LogP contribution is 2.25. The molecule has 2 aliphatic rings. The van der Waals surface area contributed by atoms with Gasteiger partial charge in [0.1, 0.15) is 12.4 Å². The van der Waals surface area contributed by atoms with Crippen LogP contribution in [0, 0.1) is 5.92 Å². The molecule has 1 heterocycles. The van der Waals surface area contributed by atoms with Crippen molar-refractivity contribution in [2.45, 2.75) is 44.2 Å². The number of rotatable bonds is 6. The highest BCUT2D eigenvalue weighted by molar-refractivity contribution is 5.94. The Morgan fingerprint density at radius 2 is 2.22 bits per heavy atom. The topological polar surface area (TPSA) is 73.6 Å². The average molecular weight is 318 g/mol. The lowest BCUT2D eigenvalue weighted by atomic mass is 10.0. The number of nitrogens with one attached hydrogen (secondary N) is 1. The Bertz CT molecular complexity index is 529. The second-order valence-corrected chi connectivity index (χ2v) is 6.48. The fraction of sp³-hybridized carbons (Fsp3) is 0.611. The van der Waals surface area contributed by atoms with Gasteiger partial charge in [-0.3, -0.25) is 4.79 Å². The second kappa shape index (κ2) is 7.79. The zero-order valence-corrected chi connectivity index (χ0v) is 13.5. The van der Waals surface area contributed by atoms with Crippen LogP contribution in [0.4, 0.5) is 0 Å². The van der Waals surface area contributed by atoms with Crippen LogP contribution in [0.15, 0.2) is 24.3 Å². The summed E-state index contributed by atoms with van der Waals surface area (Å²) in [6, 6.07) is 7.56. The fourth-order valence-electron chi connectivity index (χ4n) is 3.45. The van der Waals surface area contributed by atoms with E-state index in [2.05, 4.69) is 5.32 Å². The molecule has 1 saturated heterocycles. The lowest BCUT2D eigenvalue weighted by molar-refractivity contribution is 0.0679. The van der Waals surface area contributed by atoms with Gasteiger partial charge in [-0.2, -0.15) is 0 Å². The molecule has 1 saturated carbocycles. The van der Waals surface area contributed by atoms with Crippen LogP contribution >= 0.6 is 0 Å². The molecule has 5 nitrogen and oxygen atoms in total. The van der Waals surface area contributed by atoms with Crippen LogP contribution in [-0.2, 0) is 4.74 Å². The number of nitrogens with two attached hydrogens (primary N) is 1. The van der Waals surface area contributed by atoms with Gasteiger partial charge in [-0.05, 0) is 56.3 Å². The molecule has 0 spiro atoms. The van der Waals surface area contributed by atoms with Crippen LogP contribution in [-0.4, -0.2) is 37.8 Å². The Balaban J connectivity index is 1.56. The fourth-order valence-corrected chi connectivity index (χ4v) is 3.45. The van der Waals surface area contributed by atoms with Crippen molar-refractivity contribution in [1.82, 2.24) is 5.32 Å². The van der Waals surface area contributed by atoms with E-state index in [4.69, 9.17) is 15.2 Å². The first kappa shape index (κ1) is 16.3. The van der Waals surface area contributed by atoms with Crippen molar-refractivity contribution in [3.8, 4) is 5.75 Å². The van der Waals surface area contributed by atoms with Crippen LogP contribution in [0.25, 0.3) is 0 Å². The van der Waals surface area contributed by atoms with Crippen molar-refractivity contribution in [3.63, 3.8) is 0 Å². The van der Waals surface area contributed by atoms with Crippen molar-refractivity contribution in [1.29, 1.82) is 0 Å². The van der Waals surface area contributed by atoms with Crippen molar-refractivity contribution in [2.24, 2.45) is 11.7 Å².